The van der Waals surface area contributed by atoms with Gasteiger partial charge in [0, 0.05) is 28.9 Å². The first kappa shape index (κ1) is 20.6. The van der Waals surface area contributed by atoms with Crippen molar-refractivity contribution < 1.29 is 14.1 Å². The van der Waals surface area contributed by atoms with E-state index in [0.717, 1.165) is 11.3 Å². The lowest BCUT2D eigenvalue weighted by Gasteiger charge is -2.10. The lowest BCUT2D eigenvalue weighted by molar-refractivity contribution is -0.384. The number of carbonyl (C=O) groups excluding carboxylic acids is 1. The van der Waals surface area contributed by atoms with Crippen LogP contribution in [0.25, 0.3) is 10.2 Å². The third-order valence-corrected chi connectivity index (χ3v) is 5.75. The number of non-ortho nitro benzene ring substituents is 1. The van der Waals surface area contributed by atoms with Gasteiger partial charge in [-0.25, -0.2) is 9.37 Å². The molecule has 0 aliphatic rings. The average Bonchev–Trinajstić information content (AvgIpc) is 3.13. The number of hydrogen-bond donors (Lipinski definition) is 1. The fourth-order valence-corrected chi connectivity index (χ4v) is 4.05. The maximum absolute atomic E-state index is 14.1. The fourth-order valence-electron chi connectivity index (χ4n) is 2.93. The van der Waals surface area contributed by atoms with E-state index in [2.05, 4.69) is 10.3 Å². The zero-order chi connectivity index (χ0) is 22.1. The Kier molecular flexibility index (Phi) is 5.49. The molecule has 1 amide bonds. The van der Waals surface area contributed by atoms with E-state index in [1.807, 2.05) is 0 Å². The number of aromatic nitrogens is 2. The number of carbonyl (C=O) groups is 1. The molecule has 1 N–H and O–H groups in total. The van der Waals surface area contributed by atoms with Crippen LogP contribution in [0.2, 0.25) is 5.02 Å². The van der Waals surface area contributed by atoms with Gasteiger partial charge in [-0.2, -0.15) is 0 Å². The highest BCUT2D eigenvalue weighted by molar-refractivity contribution is 7.22. The van der Waals surface area contributed by atoms with E-state index in [4.69, 9.17) is 11.6 Å². The average molecular weight is 459 g/mol. The Morgan fingerprint density at radius 3 is 2.81 bits per heavy atom. The second kappa shape index (κ2) is 8.25. The third kappa shape index (κ3) is 4.16. The van der Waals surface area contributed by atoms with E-state index in [1.54, 1.807) is 0 Å². The lowest BCUT2D eigenvalue weighted by Crippen LogP contribution is -2.29. The highest BCUT2D eigenvalue weighted by Crippen LogP contribution is 2.29. The van der Waals surface area contributed by atoms with Crippen LogP contribution in [0.3, 0.4) is 0 Å². The van der Waals surface area contributed by atoms with Gasteiger partial charge < -0.3 is 4.57 Å². The van der Waals surface area contributed by atoms with Gasteiger partial charge in [-0.05, 0) is 30.3 Å². The molecule has 4 aromatic rings. The van der Waals surface area contributed by atoms with Crippen molar-refractivity contribution in [2.75, 3.05) is 5.32 Å². The number of amides is 1. The number of nitro benzene ring substituents is 1. The molecule has 0 aliphatic heterocycles. The molecule has 0 fully saturated rings. The minimum Gasteiger partial charge on any atom is -0.310 e. The van der Waals surface area contributed by atoms with Crippen LogP contribution in [0.4, 0.5) is 15.2 Å². The SMILES string of the molecule is O=C(Nc1nc2ccc([N+](=O)[O-])cc2s1)c1cccn(Cc2c(F)cccc2Cl)c1=O. The molecule has 0 saturated carbocycles. The second-order valence-electron chi connectivity index (χ2n) is 6.44. The molecular formula is C20H12ClFN4O4S. The van der Waals surface area contributed by atoms with Gasteiger partial charge in [0.2, 0.25) is 0 Å². The van der Waals surface area contributed by atoms with E-state index in [1.165, 1.54) is 59.3 Å². The number of pyridine rings is 1. The number of anilines is 1. The molecule has 8 nitrogen and oxygen atoms in total. The predicted molar refractivity (Wildman–Crippen MR) is 115 cm³/mol. The summed E-state index contributed by atoms with van der Waals surface area (Å²) in [5.41, 5.74) is -0.273. The Bertz CT molecular complexity index is 1380. The van der Waals surface area contributed by atoms with E-state index in [-0.39, 0.29) is 33.5 Å². The first-order valence-corrected chi connectivity index (χ1v) is 10.0. The van der Waals surface area contributed by atoms with Crippen LogP contribution in [0.1, 0.15) is 15.9 Å². The van der Waals surface area contributed by atoms with Crippen molar-refractivity contribution in [1.29, 1.82) is 0 Å². The number of thiazole rings is 1. The first-order valence-electron chi connectivity index (χ1n) is 8.82. The van der Waals surface area contributed by atoms with Gasteiger partial charge in [0.05, 0.1) is 21.7 Å². The molecular weight excluding hydrogens is 447 g/mol. The lowest BCUT2D eigenvalue weighted by atomic mass is 10.2. The number of fused-ring (bicyclic) bond motifs is 1. The monoisotopic (exact) mass is 458 g/mol. The summed E-state index contributed by atoms with van der Waals surface area (Å²) in [6.07, 6.45) is 1.43. The summed E-state index contributed by atoms with van der Waals surface area (Å²) in [6, 6.07) is 11.2. The number of hydrogen-bond acceptors (Lipinski definition) is 6. The number of nitrogens with one attached hydrogen (secondary N) is 1. The van der Waals surface area contributed by atoms with Crippen LogP contribution in [-0.2, 0) is 6.54 Å². The van der Waals surface area contributed by atoms with Gasteiger partial charge in [0.1, 0.15) is 11.4 Å². The Morgan fingerprint density at radius 2 is 2.06 bits per heavy atom. The highest BCUT2D eigenvalue weighted by atomic mass is 35.5. The van der Waals surface area contributed by atoms with Crippen LogP contribution < -0.4 is 10.9 Å². The quantitative estimate of drug-likeness (QED) is 0.351. The van der Waals surface area contributed by atoms with Crippen molar-refractivity contribution >= 4 is 49.9 Å². The summed E-state index contributed by atoms with van der Waals surface area (Å²) in [5, 5.41) is 13.8. The Hall–Kier alpha value is -3.63. The molecule has 0 spiro atoms. The van der Waals surface area contributed by atoms with Gasteiger partial charge in [0.25, 0.3) is 17.2 Å². The van der Waals surface area contributed by atoms with Crippen molar-refractivity contribution in [3.05, 3.63) is 97.2 Å². The summed E-state index contributed by atoms with van der Waals surface area (Å²) in [4.78, 5) is 40.0. The minimum absolute atomic E-state index is 0.0909. The maximum Gasteiger partial charge on any atom is 0.270 e. The van der Waals surface area contributed by atoms with Crippen molar-refractivity contribution in [3.63, 3.8) is 0 Å². The zero-order valence-corrected chi connectivity index (χ0v) is 17.1. The molecule has 2 aromatic carbocycles. The van der Waals surface area contributed by atoms with Gasteiger partial charge in [-0.1, -0.05) is 29.0 Å². The van der Waals surface area contributed by atoms with E-state index in [0.29, 0.717) is 10.2 Å². The van der Waals surface area contributed by atoms with E-state index < -0.39 is 22.2 Å². The molecule has 156 valence electrons. The molecule has 11 heteroatoms. The molecule has 0 saturated heterocycles. The summed E-state index contributed by atoms with van der Waals surface area (Å²) in [5.74, 6) is -1.26. The van der Waals surface area contributed by atoms with Gasteiger partial charge in [-0.3, -0.25) is 25.0 Å². The zero-order valence-electron chi connectivity index (χ0n) is 15.5. The number of nitro groups is 1. The van der Waals surface area contributed by atoms with E-state index >= 15 is 0 Å². The van der Waals surface area contributed by atoms with Crippen molar-refractivity contribution in [3.8, 4) is 0 Å². The Morgan fingerprint density at radius 1 is 1.26 bits per heavy atom. The van der Waals surface area contributed by atoms with Crippen LogP contribution in [-0.4, -0.2) is 20.4 Å². The molecule has 4 rings (SSSR count). The summed E-state index contributed by atoms with van der Waals surface area (Å²) in [6.45, 7) is -0.143. The van der Waals surface area contributed by atoms with Gasteiger partial charge in [0.15, 0.2) is 5.13 Å². The smallest absolute Gasteiger partial charge is 0.270 e. The van der Waals surface area contributed by atoms with Crippen molar-refractivity contribution in [1.82, 2.24) is 9.55 Å². The standard InChI is InChI=1S/C20H12ClFN4O4S/c21-14-4-1-5-15(22)13(14)10-25-8-2-3-12(19(25)28)18(27)24-20-23-16-7-6-11(26(29)30)9-17(16)31-20/h1-9H,10H2,(H,23,24,27). The number of rotatable bonds is 5. The summed E-state index contributed by atoms with van der Waals surface area (Å²) < 4.78 is 15.8. The molecule has 0 radical (unpaired) electrons. The van der Waals surface area contributed by atoms with Gasteiger partial charge >= 0.3 is 0 Å². The molecule has 0 atom stereocenters. The van der Waals surface area contributed by atoms with Gasteiger partial charge in [-0.15, -0.1) is 0 Å². The maximum atomic E-state index is 14.1. The first-order chi connectivity index (χ1) is 14.8. The molecule has 0 bridgehead atoms. The number of halogens is 2. The van der Waals surface area contributed by atoms with Crippen LogP contribution in [0.15, 0.2) is 59.5 Å². The van der Waals surface area contributed by atoms with Crippen LogP contribution >= 0.6 is 22.9 Å². The molecule has 2 heterocycles. The Balaban J connectivity index is 1.61. The molecule has 0 aliphatic carbocycles. The normalized spacial score (nSPS) is 10.9. The van der Waals surface area contributed by atoms with Crippen LogP contribution in [0.5, 0.6) is 0 Å². The third-order valence-electron chi connectivity index (χ3n) is 4.46. The fraction of sp³-hybridized carbons (Fsp3) is 0.0500. The van der Waals surface area contributed by atoms with E-state index in [9.17, 15) is 24.1 Å². The predicted octanol–water partition coefficient (Wildman–Crippen LogP) is 4.46. The molecule has 2 aromatic heterocycles. The van der Waals surface area contributed by atoms with Crippen molar-refractivity contribution in [2.24, 2.45) is 0 Å². The molecule has 0 unspecified atom stereocenters. The largest absolute Gasteiger partial charge is 0.310 e. The number of nitrogens with zero attached hydrogens (tertiary/aromatic N) is 3. The topological polar surface area (TPSA) is 107 Å². The van der Waals surface area contributed by atoms with Crippen molar-refractivity contribution in [2.45, 2.75) is 6.54 Å². The summed E-state index contributed by atoms with van der Waals surface area (Å²) >= 11 is 7.07. The number of benzene rings is 2. The molecule has 31 heavy (non-hydrogen) atoms. The minimum atomic E-state index is -0.701. The highest BCUT2D eigenvalue weighted by Gasteiger charge is 2.17. The van der Waals surface area contributed by atoms with Crippen LogP contribution in [0, 0.1) is 15.9 Å². The Labute approximate surface area is 182 Å². The summed E-state index contributed by atoms with van der Waals surface area (Å²) in [7, 11) is 0. The second-order valence-corrected chi connectivity index (χ2v) is 7.88.